The molecule has 0 aliphatic heterocycles. The number of hydrogen-bond donors (Lipinski definition) is 1. The van der Waals surface area contributed by atoms with E-state index in [0.717, 1.165) is 17.1 Å². The van der Waals surface area contributed by atoms with E-state index in [1.54, 1.807) is 16.4 Å². The van der Waals surface area contributed by atoms with E-state index in [4.69, 9.17) is 11.6 Å². The number of thioether (sulfide) groups is 1. The Morgan fingerprint density at radius 1 is 1.21 bits per heavy atom. The molecular weight excluding hydrogens is 392 g/mol. The van der Waals surface area contributed by atoms with Crippen LogP contribution in [-0.2, 0) is 10.5 Å². The molecule has 1 heterocycles. The van der Waals surface area contributed by atoms with E-state index < -0.39 is 0 Å². The molecule has 0 radical (unpaired) electrons. The van der Waals surface area contributed by atoms with Gasteiger partial charge in [0.2, 0.25) is 0 Å². The Kier molecular flexibility index (Phi) is 6.90. The van der Waals surface area contributed by atoms with Gasteiger partial charge in [-0.1, -0.05) is 60.1 Å². The normalized spacial score (nSPS) is 12.2. The zero-order chi connectivity index (χ0) is 19.9. The topological polar surface area (TPSA) is 59.3 Å². The SMILES string of the molecule is Cc1c(/C=N/NC(=O)C(C)SCc2ccccc2)c(Cl)nn1-c1ccccc1. The maximum absolute atomic E-state index is 12.3. The smallest absolute Gasteiger partial charge is 0.252 e. The summed E-state index contributed by atoms with van der Waals surface area (Å²) >= 11 is 7.82. The number of hydrogen-bond acceptors (Lipinski definition) is 4. The molecule has 0 aliphatic rings. The Balaban J connectivity index is 1.60. The average molecular weight is 413 g/mol. The number of benzene rings is 2. The van der Waals surface area contributed by atoms with E-state index in [0.29, 0.717) is 10.7 Å². The summed E-state index contributed by atoms with van der Waals surface area (Å²) in [6.45, 7) is 3.78. The molecule has 1 atom stereocenters. The van der Waals surface area contributed by atoms with Crippen molar-refractivity contribution in [2.75, 3.05) is 0 Å². The van der Waals surface area contributed by atoms with Crippen LogP contribution in [0.25, 0.3) is 5.69 Å². The van der Waals surface area contributed by atoms with Crippen molar-refractivity contribution in [3.05, 3.63) is 82.6 Å². The van der Waals surface area contributed by atoms with Gasteiger partial charge < -0.3 is 0 Å². The van der Waals surface area contributed by atoms with Crippen LogP contribution in [0.2, 0.25) is 5.15 Å². The number of rotatable bonds is 7. The van der Waals surface area contributed by atoms with Crippen LogP contribution in [0.1, 0.15) is 23.7 Å². The second-order valence-corrected chi connectivity index (χ2v) is 7.90. The number of amides is 1. The first-order valence-electron chi connectivity index (χ1n) is 8.85. The van der Waals surface area contributed by atoms with Crippen LogP contribution >= 0.6 is 23.4 Å². The Bertz CT molecular complexity index is 957. The summed E-state index contributed by atoms with van der Waals surface area (Å²) in [6.07, 6.45) is 1.54. The van der Waals surface area contributed by atoms with Crippen molar-refractivity contribution in [1.29, 1.82) is 0 Å². The third-order valence-corrected chi connectivity index (χ3v) is 5.69. The highest BCUT2D eigenvalue weighted by Gasteiger charge is 2.14. The van der Waals surface area contributed by atoms with Crippen molar-refractivity contribution >= 4 is 35.5 Å². The highest BCUT2D eigenvalue weighted by molar-refractivity contribution is 7.99. The van der Waals surface area contributed by atoms with Crippen LogP contribution in [0.4, 0.5) is 0 Å². The molecule has 0 fully saturated rings. The summed E-state index contributed by atoms with van der Waals surface area (Å²) < 4.78 is 1.75. The molecule has 0 saturated heterocycles. The summed E-state index contributed by atoms with van der Waals surface area (Å²) in [6, 6.07) is 19.8. The predicted octanol–water partition coefficient (Wildman–Crippen LogP) is 4.61. The third kappa shape index (κ3) is 5.03. The Labute approximate surface area is 173 Å². The van der Waals surface area contributed by atoms with Gasteiger partial charge >= 0.3 is 0 Å². The Hall–Kier alpha value is -2.57. The minimum Gasteiger partial charge on any atom is -0.272 e. The lowest BCUT2D eigenvalue weighted by atomic mass is 10.2. The number of halogens is 1. The highest BCUT2D eigenvalue weighted by atomic mass is 35.5. The number of aromatic nitrogens is 2. The average Bonchev–Trinajstić information content (AvgIpc) is 3.01. The quantitative estimate of drug-likeness (QED) is 0.455. The van der Waals surface area contributed by atoms with Gasteiger partial charge in [-0.15, -0.1) is 11.8 Å². The lowest BCUT2D eigenvalue weighted by Crippen LogP contribution is -2.27. The molecule has 1 N–H and O–H groups in total. The number of para-hydroxylation sites is 1. The highest BCUT2D eigenvalue weighted by Crippen LogP contribution is 2.21. The first kappa shape index (κ1) is 20.2. The fourth-order valence-electron chi connectivity index (χ4n) is 2.57. The monoisotopic (exact) mass is 412 g/mol. The van der Waals surface area contributed by atoms with E-state index >= 15 is 0 Å². The molecule has 0 spiro atoms. The van der Waals surface area contributed by atoms with Crippen LogP contribution < -0.4 is 5.43 Å². The molecule has 3 rings (SSSR count). The van der Waals surface area contributed by atoms with Gasteiger partial charge in [-0.25, -0.2) is 10.1 Å². The first-order valence-corrected chi connectivity index (χ1v) is 10.3. The van der Waals surface area contributed by atoms with Gasteiger partial charge in [-0.3, -0.25) is 4.79 Å². The van der Waals surface area contributed by atoms with Crippen LogP contribution in [0.3, 0.4) is 0 Å². The van der Waals surface area contributed by atoms with E-state index in [1.807, 2.05) is 74.5 Å². The molecule has 28 heavy (non-hydrogen) atoms. The molecule has 0 bridgehead atoms. The number of carbonyl (C=O) groups is 1. The second-order valence-electron chi connectivity index (χ2n) is 6.21. The molecule has 7 heteroatoms. The summed E-state index contributed by atoms with van der Waals surface area (Å²) in [7, 11) is 0. The summed E-state index contributed by atoms with van der Waals surface area (Å²) in [5.41, 5.74) is 6.21. The molecule has 1 aromatic heterocycles. The van der Waals surface area contributed by atoms with Gasteiger partial charge in [-0.05, 0) is 31.5 Å². The van der Waals surface area contributed by atoms with E-state index in [9.17, 15) is 4.79 Å². The number of nitrogens with zero attached hydrogens (tertiary/aromatic N) is 3. The summed E-state index contributed by atoms with van der Waals surface area (Å²) in [5.74, 6) is 0.620. The largest absolute Gasteiger partial charge is 0.272 e. The van der Waals surface area contributed by atoms with Crippen molar-refractivity contribution in [3.63, 3.8) is 0 Å². The third-order valence-electron chi connectivity index (χ3n) is 4.20. The van der Waals surface area contributed by atoms with Crippen molar-refractivity contribution in [3.8, 4) is 5.69 Å². The molecule has 2 aromatic carbocycles. The summed E-state index contributed by atoms with van der Waals surface area (Å²) in [4.78, 5) is 12.3. The molecule has 3 aromatic rings. The molecular formula is C21H21ClN4OS. The van der Waals surface area contributed by atoms with Crippen molar-refractivity contribution in [2.24, 2.45) is 5.10 Å². The maximum atomic E-state index is 12.3. The van der Waals surface area contributed by atoms with Gasteiger partial charge in [0.1, 0.15) is 0 Å². The van der Waals surface area contributed by atoms with E-state index in [-0.39, 0.29) is 11.2 Å². The summed E-state index contributed by atoms with van der Waals surface area (Å²) in [5, 5.41) is 8.54. The molecule has 1 amide bonds. The van der Waals surface area contributed by atoms with Crippen molar-refractivity contribution in [2.45, 2.75) is 24.9 Å². The van der Waals surface area contributed by atoms with Crippen molar-refractivity contribution in [1.82, 2.24) is 15.2 Å². The second kappa shape index (κ2) is 9.57. The Morgan fingerprint density at radius 3 is 2.54 bits per heavy atom. The van der Waals surface area contributed by atoms with Crippen LogP contribution in [-0.4, -0.2) is 27.2 Å². The van der Waals surface area contributed by atoms with Crippen molar-refractivity contribution < 1.29 is 4.79 Å². The predicted molar refractivity (Wildman–Crippen MR) is 116 cm³/mol. The van der Waals surface area contributed by atoms with E-state index in [2.05, 4.69) is 15.6 Å². The molecule has 144 valence electrons. The van der Waals surface area contributed by atoms with E-state index in [1.165, 1.54) is 11.8 Å². The lowest BCUT2D eigenvalue weighted by molar-refractivity contribution is -0.120. The number of nitrogens with one attached hydrogen (secondary N) is 1. The zero-order valence-corrected chi connectivity index (χ0v) is 17.2. The van der Waals surface area contributed by atoms with Gasteiger partial charge in [0.15, 0.2) is 5.15 Å². The molecule has 1 unspecified atom stereocenters. The van der Waals surface area contributed by atoms with Gasteiger partial charge in [-0.2, -0.15) is 10.2 Å². The number of hydrazone groups is 1. The minimum absolute atomic E-state index is 0.151. The van der Waals surface area contributed by atoms with Gasteiger partial charge in [0, 0.05) is 5.75 Å². The van der Waals surface area contributed by atoms with Crippen LogP contribution in [0.15, 0.2) is 65.8 Å². The molecule has 0 saturated carbocycles. The van der Waals surface area contributed by atoms with Crippen LogP contribution in [0.5, 0.6) is 0 Å². The fourth-order valence-corrected chi connectivity index (χ4v) is 3.67. The van der Waals surface area contributed by atoms with Crippen LogP contribution in [0, 0.1) is 6.92 Å². The number of carbonyl (C=O) groups excluding carboxylic acids is 1. The standard InChI is InChI=1S/C21H21ClN4OS/c1-15-19(20(22)25-26(15)18-11-7-4-8-12-18)13-23-24-21(27)16(2)28-14-17-9-5-3-6-10-17/h3-13,16H,14H2,1-2H3,(H,24,27)/b23-13+. The molecule has 0 aliphatic carbocycles. The maximum Gasteiger partial charge on any atom is 0.252 e. The zero-order valence-electron chi connectivity index (χ0n) is 15.7. The molecule has 5 nitrogen and oxygen atoms in total. The van der Waals surface area contributed by atoms with Gasteiger partial charge in [0.05, 0.1) is 28.4 Å². The van der Waals surface area contributed by atoms with Gasteiger partial charge in [0.25, 0.3) is 5.91 Å². The minimum atomic E-state index is -0.221. The lowest BCUT2D eigenvalue weighted by Gasteiger charge is -2.09. The Morgan fingerprint density at radius 2 is 1.86 bits per heavy atom. The fraction of sp³-hybridized carbons (Fsp3) is 0.190. The first-order chi connectivity index (χ1) is 13.6.